The van der Waals surface area contributed by atoms with Crippen LogP contribution in [0.15, 0.2) is 30.5 Å². The molecule has 0 atom stereocenters. The van der Waals surface area contributed by atoms with Crippen molar-refractivity contribution in [3.8, 4) is 0 Å². The van der Waals surface area contributed by atoms with Crippen LogP contribution in [0.4, 0.5) is 4.39 Å². The van der Waals surface area contributed by atoms with Crippen molar-refractivity contribution in [2.75, 3.05) is 13.2 Å². The number of imidazole rings is 1. The standard InChI is InChI=1S/C16H16FN3O2/c17-12-5-2-1-4-11(12)16(9-22-10-16)19-15(21)13-8-18-14-6-3-7-20(13)14/h1-2,4-5,8H,3,6-7,9-10H2,(H,19,21). The Morgan fingerprint density at radius 1 is 1.36 bits per heavy atom. The second kappa shape index (κ2) is 4.91. The van der Waals surface area contributed by atoms with Gasteiger partial charge in [0, 0.05) is 18.5 Å². The van der Waals surface area contributed by atoms with Gasteiger partial charge in [-0.15, -0.1) is 0 Å². The Morgan fingerprint density at radius 3 is 2.91 bits per heavy atom. The third-order valence-corrected chi connectivity index (χ3v) is 4.39. The molecule has 2 aromatic rings. The maximum atomic E-state index is 14.1. The molecule has 1 aromatic heterocycles. The molecular formula is C16H16FN3O2. The lowest BCUT2D eigenvalue weighted by Gasteiger charge is -2.42. The van der Waals surface area contributed by atoms with E-state index in [2.05, 4.69) is 10.3 Å². The second-order valence-electron chi connectivity index (χ2n) is 5.82. The van der Waals surface area contributed by atoms with Gasteiger partial charge >= 0.3 is 0 Å². The molecule has 0 radical (unpaired) electrons. The van der Waals surface area contributed by atoms with Gasteiger partial charge in [0.15, 0.2) is 0 Å². The number of aryl methyl sites for hydroxylation is 1. The van der Waals surface area contributed by atoms with Crippen LogP contribution in [0.5, 0.6) is 0 Å². The van der Waals surface area contributed by atoms with E-state index >= 15 is 0 Å². The second-order valence-corrected chi connectivity index (χ2v) is 5.82. The summed E-state index contributed by atoms with van der Waals surface area (Å²) in [4.78, 5) is 16.9. The predicted octanol–water partition coefficient (Wildman–Crippen LogP) is 1.62. The van der Waals surface area contributed by atoms with Crippen LogP contribution in [0, 0.1) is 5.82 Å². The van der Waals surface area contributed by atoms with Crippen molar-refractivity contribution in [1.29, 1.82) is 0 Å². The van der Waals surface area contributed by atoms with E-state index in [1.165, 1.54) is 6.07 Å². The zero-order chi connectivity index (χ0) is 15.2. The van der Waals surface area contributed by atoms with Crippen LogP contribution in [-0.4, -0.2) is 28.7 Å². The van der Waals surface area contributed by atoms with E-state index < -0.39 is 5.54 Å². The predicted molar refractivity (Wildman–Crippen MR) is 76.9 cm³/mol. The van der Waals surface area contributed by atoms with E-state index in [0.29, 0.717) is 11.3 Å². The van der Waals surface area contributed by atoms with Crippen LogP contribution in [0.25, 0.3) is 0 Å². The number of hydrogen-bond acceptors (Lipinski definition) is 3. The minimum absolute atomic E-state index is 0.229. The van der Waals surface area contributed by atoms with Crippen LogP contribution >= 0.6 is 0 Å². The molecule has 0 bridgehead atoms. The molecule has 2 aliphatic rings. The van der Waals surface area contributed by atoms with Crippen molar-refractivity contribution in [3.63, 3.8) is 0 Å². The molecule has 3 heterocycles. The largest absolute Gasteiger partial charge is 0.376 e. The van der Waals surface area contributed by atoms with Crippen LogP contribution in [-0.2, 0) is 23.2 Å². The average Bonchev–Trinajstić information content (AvgIpc) is 3.06. The number of fused-ring (bicyclic) bond motifs is 1. The average molecular weight is 301 g/mol. The molecule has 2 aliphatic heterocycles. The zero-order valence-corrected chi connectivity index (χ0v) is 12.0. The van der Waals surface area contributed by atoms with E-state index in [-0.39, 0.29) is 24.9 Å². The van der Waals surface area contributed by atoms with E-state index in [1.807, 2.05) is 4.57 Å². The molecule has 6 heteroatoms. The van der Waals surface area contributed by atoms with Gasteiger partial charge in [-0.2, -0.15) is 0 Å². The number of hydrogen-bond donors (Lipinski definition) is 1. The summed E-state index contributed by atoms with van der Waals surface area (Å²) in [6, 6.07) is 6.50. The van der Waals surface area contributed by atoms with E-state index in [1.54, 1.807) is 24.4 Å². The summed E-state index contributed by atoms with van der Waals surface area (Å²) in [5, 5.41) is 2.95. The van der Waals surface area contributed by atoms with Crippen molar-refractivity contribution in [3.05, 3.63) is 53.4 Å². The topological polar surface area (TPSA) is 56.1 Å². The van der Waals surface area contributed by atoms with Crippen LogP contribution in [0.3, 0.4) is 0 Å². The monoisotopic (exact) mass is 301 g/mol. The first-order valence-corrected chi connectivity index (χ1v) is 7.39. The van der Waals surface area contributed by atoms with E-state index in [9.17, 15) is 9.18 Å². The Morgan fingerprint density at radius 2 is 2.18 bits per heavy atom. The van der Waals surface area contributed by atoms with Crippen molar-refractivity contribution >= 4 is 5.91 Å². The van der Waals surface area contributed by atoms with Gasteiger partial charge in [0.1, 0.15) is 22.9 Å². The van der Waals surface area contributed by atoms with Gasteiger partial charge in [-0.3, -0.25) is 4.79 Å². The Bertz CT molecular complexity index is 737. The van der Waals surface area contributed by atoms with Gasteiger partial charge in [0.2, 0.25) is 0 Å². The third-order valence-electron chi connectivity index (χ3n) is 4.39. The summed E-state index contributed by atoms with van der Waals surface area (Å²) >= 11 is 0. The molecule has 4 rings (SSSR count). The van der Waals surface area contributed by atoms with Crippen molar-refractivity contribution in [1.82, 2.24) is 14.9 Å². The molecule has 1 aromatic carbocycles. The highest BCUT2D eigenvalue weighted by Gasteiger charge is 2.44. The number of carbonyl (C=O) groups excluding carboxylic acids is 1. The van der Waals surface area contributed by atoms with Gasteiger partial charge in [0.25, 0.3) is 5.91 Å². The molecule has 1 N–H and O–H groups in total. The molecule has 1 amide bonds. The number of nitrogens with one attached hydrogen (secondary N) is 1. The fourth-order valence-corrected chi connectivity index (χ4v) is 3.17. The van der Waals surface area contributed by atoms with Gasteiger partial charge < -0.3 is 14.6 Å². The molecule has 0 saturated carbocycles. The highest BCUT2D eigenvalue weighted by atomic mass is 19.1. The molecule has 0 spiro atoms. The lowest BCUT2D eigenvalue weighted by molar-refractivity contribution is -0.0750. The lowest BCUT2D eigenvalue weighted by Crippen LogP contribution is -2.60. The first kappa shape index (κ1) is 13.5. The van der Waals surface area contributed by atoms with Crippen molar-refractivity contribution in [2.45, 2.75) is 24.9 Å². The SMILES string of the molecule is O=C(NC1(c2ccccc2F)COC1)c1cnc2n1CCC2. The maximum Gasteiger partial charge on any atom is 0.270 e. The van der Waals surface area contributed by atoms with Gasteiger partial charge in [-0.1, -0.05) is 18.2 Å². The summed E-state index contributed by atoms with van der Waals surface area (Å²) in [5.41, 5.74) is 0.219. The molecule has 5 nitrogen and oxygen atoms in total. The molecule has 22 heavy (non-hydrogen) atoms. The number of rotatable bonds is 3. The molecule has 0 aliphatic carbocycles. The number of aromatic nitrogens is 2. The van der Waals surface area contributed by atoms with Crippen LogP contribution in [0.1, 0.15) is 28.3 Å². The highest BCUT2D eigenvalue weighted by Crippen LogP contribution is 2.32. The number of nitrogens with zero attached hydrogens (tertiary/aromatic N) is 2. The Labute approximate surface area is 127 Å². The first-order chi connectivity index (χ1) is 10.7. The molecule has 1 fully saturated rings. The minimum atomic E-state index is -0.786. The highest BCUT2D eigenvalue weighted by molar-refractivity contribution is 5.93. The quantitative estimate of drug-likeness (QED) is 0.937. The Kier molecular flexibility index (Phi) is 3.00. The summed E-state index contributed by atoms with van der Waals surface area (Å²) in [6.07, 6.45) is 3.50. The summed E-state index contributed by atoms with van der Waals surface area (Å²) in [5.74, 6) is 0.381. The van der Waals surface area contributed by atoms with E-state index in [4.69, 9.17) is 4.74 Å². The Hall–Kier alpha value is -2.21. The summed E-state index contributed by atoms with van der Waals surface area (Å²) in [7, 11) is 0. The van der Waals surface area contributed by atoms with E-state index in [0.717, 1.165) is 25.2 Å². The zero-order valence-electron chi connectivity index (χ0n) is 12.0. The van der Waals surface area contributed by atoms with Gasteiger partial charge in [0.05, 0.1) is 19.4 Å². The lowest BCUT2D eigenvalue weighted by atomic mass is 9.87. The maximum absolute atomic E-state index is 14.1. The smallest absolute Gasteiger partial charge is 0.270 e. The minimum Gasteiger partial charge on any atom is -0.376 e. The fraction of sp³-hybridized carbons (Fsp3) is 0.375. The fourth-order valence-electron chi connectivity index (χ4n) is 3.17. The normalized spacial score (nSPS) is 18.6. The first-order valence-electron chi connectivity index (χ1n) is 7.39. The number of amides is 1. The molecular weight excluding hydrogens is 285 g/mol. The van der Waals surface area contributed by atoms with Gasteiger partial charge in [-0.05, 0) is 12.5 Å². The summed E-state index contributed by atoms with van der Waals surface area (Å²) < 4.78 is 21.3. The number of benzene rings is 1. The molecule has 114 valence electrons. The number of ether oxygens (including phenoxy) is 1. The summed E-state index contributed by atoms with van der Waals surface area (Å²) in [6.45, 7) is 1.36. The number of halogens is 1. The van der Waals surface area contributed by atoms with Crippen LogP contribution in [0.2, 0.25) is 0 Å². The number of carbonyl (C=O) groups is 1. The third kappa shape index (κ3) is 1.94. The molecule has 0 unspecified atom stereocenters. The van der Waals surface area contributed by atoms with Crippen molar-refractivity contribution < 1.29 is 13.9 Å². The van der Waals surface area contributed by atoms with Gasteiger partial charge in [-0.25, -0.2) is 9.37 Å². The Balaban J connectivity index is 1.63. The van der Waals surface area contributed by atoms with Crippen molar-refractivity contribution in [2.24, 2.45) is 0 Å². The van der Waals surface area contributed by atoms with Crippen LogP contribution < -0.4 is 5.32 Å². The molecule has 1 saturated heterocycles.